The molecule has 1 atom stereocenters. The molecule has 0 spiro atoms. The normalized spacial score (nSPS) is 25.0. The molecule has 0 bridgehead atoms. The van der Waals surface area contributed by atoms with Gasteiger partial charge in [0.05, 0.1) is 21.8 Å². The molecule has 24 heavy (non-hydrogen) atoms. The third-order valence-corrected chi connectivity index (χ3v) is 7.94. The highest BCUT2D eigenvalue weighted by atomic mass is 32.2. The highest BCUT2D eigenvalue weighted by Gasteiger charge is 2.46. The quantitative estimate of drug-likeness (QED) is 0.845. The van der Waals surface area contributed by atoms with Gasteiger partial charge in [-0.1, -0.05) is 18.6 Å². The molecule has 0 aromatic heterocycles. The maximum Gasteiger partial charge on any atom is 0.230 e. The predicted octanol–water partition coefficient (Wildman–Crippen LogP) is 0.815. The number of amides is 1. The van der Waals surface area contributed by atoms with Crippen LogP contribution in [0.15, 0.2) is 29.2 Å². The van der Waals surface area contributed by atoms with Crippen LogP contribution in [0.1, 0.15) is 31.2 Å². The Morgan fingerprint density at radius 2 is 1.83 bits per heavy atom. The minimum Gasteiger partial charge on any atom is -0.352 e. The van der Waals surface area contributed by atoms with Crippen molar-refractivity contribution in [1.29, 1.82) is 0 Å². The second kappa shape index (κ2) is 5.84. The first-order valence-corrected chi connectivity index (χ1v) is 11.7. The van der Waals surface area contributed by atoms with Crippen LogP contribution in [0.25, 0.3) is 0 Å². The molecule has 6 nitrogen and oxygen atoms in total. The zero-order valence-electron chi connectivity index (χ0n) is 13.5. The third-order valence-electron chi connectivity index (χ3n) is 5.04. The first-order valence-electron chi connectivity index (χ1n) is 7.94. The fourth-order valence-electron chi connectivity index (χ4n) is 3.43. The SMILES string of the molecule is CS(=O)(=O)c1ccc(C2(C(=O)N[C@@H]3CCS(=O)(=O)C3)CCC2)cc1. The van der Waals surface area contributed by atoms with Crippen LogP contribution >= 0.6 is 0 Å². The van der Waals surface area contributed by atoms with Crippen LogP contribution < -0.4 is 5.32 Å². The molecule has 1 amide bonds. The Labute approximate surface area is 142 Å². The lowest BCUT2D eigenvalue weighted by molar-refractivity contribution is -0.130. The van der Waals surface area contributed by atoms with E-state index in [2.05, 4.69) is 5.32 Å². The van der Waals surface area contributed by atoms with Crippen LogP contribution in [0.3, 0.4) is 0 Å². The van der Waals surface area contributed by atoms with Crippen LogP contribution in [0.5, 0.6) is 0 Å². The van der Waals surface area contributed by atoms with Crippen molar-refractivity contribution in [2.45, 2.75) is 42.0 Å². The van der Waals surface area contributed by atoms with E-state index in [0.717, 1.165) is 18.2 Å². The van der Waals surface area contributed by atoms with Gasteiger partial charge in [-0.05, 0) is 37.0 Å². The fourth-order valence-corrected chi connectivity index (χ4v) is 5.73. The summed E-state index contributed by atoms with van der Waals surface area (Å²) in [7, 11) is -6.32. The molecule has 132 valence electrons. The van der Waals surface area contributed by atoms with Crippen molar-refractivity contribution >= 4 is 25.6 Å². The summed E-state index contributed by atoms with van der Waals surface area (Å²) in [6, 6.07) is 6.12. The Balaban J connectivity index is 1.80. The second-order valence-corrected chi connectivity index (χ2v) is 11.1. The molecule has 0 unspecified atom stereocenters. The number of carbonyl (C=O) groups excluding carboxylic acids is 1. The van der Waals surface area contributed by atoms with Gasteiger partial charge in [0.15, 0.2) is 19.7 Å². The molecule has 1 aliphatic carbocycles. The van der Waals surface area contributed by atoms with Gasteiger partial charge in [-0.3, -0.25) is 4.79 Å². The number of sulfone groups is 2. The number of benzene rings is 1. The summed E-state index contributed by atoms with van der Waals surface area (Å²) in [6.45, 7) is 0. The van der Waals surface area contributed by atoms with Crippen molar-refractivity contribution in [2.24, 2.45) is 0 Å². The minimum atomic E-state index is -3.27. The molecule has 1 aromatic rings. The van der Waals surface area contributed by atoms with Gasteiger partial charge in [0.1, 0.15) is 0 Å². The predicted molar refractivity (Wildman–Crippen MR) is 90.3 cm³/mol. The van der Waals surface area contributed by atoms with E-state index < -0.39 is 25.1 Å². The molecule has 8 heteroatoms. The molecule has 3 rings (SSSR count). The largest absolute Gasteiger partial charge is 0.352 e. The minimum absolute atomic E-state index is 0.00182. The molecule has 0 radical (unpaired) electrons. The van der Waals surface area contributed by atoms with Gasteiger partial charge < -0.3 is 5.32 Å². The van der Waals surface area contributed by atoms with Crippen LogP contribution in [-0.2, 0) is 29.9 Å². The van der Waals surface area contributed by atoms with Crippen molar-refractivity contribution in [3.8, 4) is 0 Å². The molecule has 1 heterocycles. The van der Waals surface area contributed by atoms with E-state index in [9.17, 15) is 21.6 Å². The maximum atomic E-state index is 12.8. The van der Waals surface area contributed by atoms with Crippen LogP contribution in [-0.4, -0.2) is 46.5 Å². The van der Waals surface area contributed by atoms with Crippen molar-refractivity contribution in [3.05, 3.63) is 29.8 Å². The number of nitrogens with one attached hydrogen (secondary N) is 1. The summed E-state index contributed by atoms with van der Waals surface area (Å²) >= 11 is 0. The topological polar surface area (TPSA) is 97.4 Å². The van der Waals surface area contributed by atoms with E-state index in [-0.39, 0.29) is 28.4 Å². The van der Waals surface area contributed by atoms with Crippen LogP contribution in [0.2, 0.25) is 0 Å². The Morgan fingerprint density at radius 1 is 1.21 bits per heavy atom. The van der Waals surface area contributed by atoms with Crippen molar-refractivity contribution in [1.82, 2.24) is 5.32 Å². The van der Waals surface area contributed by atoms with Gasteiger partial charge in [-0.2, -0.15) is 0 Å². The van der Waals surface area contributed by atoms with Gasteiger partial charge >= 0.3 is 0 Å². The van der Waals surface area contributed by atoms with Crippen molar-refractivity contribution < 1.29 is 21.6 Å². The van der Waals surface area contributed by atoms with Crippen molar-refractivity contribution in [2.75, 3.05) is 17.8 Å². The zero-order chi connectivity index (χ0) is 17.6. The van der Waals surface area contributed by atoms with Crippen LogP contribution in [0, 0.1) is 0 Å². The first kappa shape index (κ1) is 17.4. The van der Waals surface area contributed by atoms with E-state index >= 15 is 0 Å². The standard InChI is InChI=1S/C16H21NO5S2/c1-23(19,20)14-5-3-12(4-6-14)16(8-2-9-16)15(18)17-13-7-10-24(21,22)11-13/h3-6,13H,2,7-11H2,1H3,(H,17,18)/t13-/m1/s1. The van der Waals surface area contributed by atoms with Gasteiger partial charge in [-0.15, -0.1) is 0 Å². The summed E-state index contributed by atoms with van der Waals surface area (Å²) < 4.78 is 46.2. The summed E-state index contributed by atoms with van der Waals surface area (Å²) in [5.41, 5.74) is 0.127. The average molecular weight is 371 g/mol. The van der Waals surface area contributed by atoms with Gasteiger partial charge in [0.25, 0.3) is 0 Å². The number of hydrogen-bond donors (Lipinski definition) is 1. The van der Waals surface area contributed by atoms with E-state index in [1.54, 1.807) is 12.1 Å². The molecular weight excluding hydrogens is 350 g/mol. The molecule has 1 N–H and O–H groups in total. The highest BCUT2D eigenvalue weighted by molar-refractivity contribution is 7.91. The smallest absolute Gasteiger partial charge is 0.230 e. The summed E-state index contributed by atoms with van der Waals surface area (Å²) in [5, 5.41) is 2.88. The van der Waals surface area contributed by atoms with Crippen molar-refractivity contribution in [3.63, 3.8) is 0 Å². The zero-order valence-corrected chi connectivity index (χ0v) is 15.1. The Bertz CT molecular complexity index is 852. The monoisotopic (exact) mass is 371 g/mol. The second-order valence-electron chi connectivity index (χ2n) is 6.81. The highest BCUT2D eigenvalue weighted by Crippen LogP contribution is 2.44. The lowest BCUT2D eigenvalue weighted by Crippen LogP contribution is -2.52. The maximum absolute atomic E-state index is 12.8. The molecular formula is C16H21NO5S2. The van der Waals surface area contributed by atoms with E-state index in [4.69, 9.17) is 0 Å². The molecule has 1 saturated heterocycles. The number of hydrogen-bond acceptors (Lipinski definition) is 5. The van der Waals surface area contributed by atoms with Gasteiger partial charge in [-0.25, -0.2) is 16.8 Å². The molecule has 2 fully saturated rings. The molecule has 1 saturated carbocycles. The lowest BCUT2D eigenvalue weighted by atomic mass is 9.63. The molecule has 1 aliphatic heterocycles. The summed E-state index contributed by atoms with van der Waals surface area (Å²) in [4.78, 5) is 13.0. The average Bonchev–Trinajstić information content (AvgIpc) is 2.76. The third kappa shape index (κ3) is 3.21. The Morgan fingerprint density at radius 3 is 2.25 bits per heavy atom. The number of rotatable bonds is 4. The Kier molecular flexibility index (Phi) is 4.24. The molecule has 2 aliphatic rings. The summed E-state index contributed by atoms with van der Waals surface area (Å²) in [6.07, 6.45) is 3.91. The Hall–Kier alpha value is -1.41. The number of carbonyl (C=O) groups is 1. The fraction of sp³-hybridized carbons (Fsp3) is 0.562. The van der Waals surface area contributed by atoms with E-state index in [1.165, 1.54) is 12.1 Å². The van der Waals surface area contributed by atoms with E-state index in [1.807, 2.05) is 0 Å². The van der Waals surface area contributed by atoms with Gasteiger partial charge in [0, 0.05) is 12.3 Å². The lowest BCUT2D eigenvalue weighted by Gasteiger charge is -2.41. The molecule has 1 aromatic carbocycles. The van der Waals surface area contributed by atoms with Crippen LogP contribution in [0.4, 0.5) is 0 Å². The first-order chi connectivity index (χ1) is 11.1. The van der Waals surface area contributed by atoms with Gasteiger partial charge in [0.2, 0.25) is 5.91 Å². The summed E-state index contributed by atoms with van der Waals surface area (Å²) in [5.74, 6) is -0.0292. The van der Waals surface area contributed by atoms with E-state index in [0.29, 0.717) is 19.3 Å².